The van der Waals surface area contributed by atoms with Gasteiger partial charge in [-0.15, -0.1) is 18.5 Å². The molecule has 0 bridgehead atoms. The van der Waals surface area contributed by atoms with Crippen molar-refractivity contribution in [1.29, 1.82) is 0 Å². The van der Waals surface area contributed by atoms with Crippen molar-refractivity contribution in [3.05, 3.63) is 0 Å². The number of thiol groups is 1. The molecule has 62 valence electrons. The van der Waals surface area contributed by atoms with Gasteiger partial charge in [0.25, 0.3) is 0 Å². The van der Waals surface area contributed by atoms with Gasteiger partial charge in [0.15, 0.2) is 4.93 Å². The van der Waals surface area contributed by atoms with Crippen LogP contribution in [0.5, 0.6) is 0 Å². The van der Waals surface area contributed by atoms with E-state index in [0.717, 1.165) is 0 Å². The summed E-state index contributed by atoms with van der Waals surface area (Å²) < 4.78 is 5.31. The summed E-state index contributed by atoms with van der Waals surface area (Å²) in [4.78, 5) is -0.716. The van der Waals surface area contributed by atoms with E-state index in [4.69, 9.17) is 4.74 Å². The van der Waals surface area contributed by atoms with E-state index in [2.05, 4.69) is 24.5 Å². The van der Waals surface area contributed by atoms with E-state index in [9.17, 15) is 5.11 Å². The molecule has 1 N–H and O–H groups in total. The fourth-order valence-electron chi connectivity index (χ4n) is 1.13. The second-order valence-electron chi connectivity index (χ2n) is 2.65. The van der Waals surface area contributed by atoms with Gasteiger partial charge in [-0.2, -0.15) is 0 Å². The van der Waals surface area contributed by atoms with Crippen molar-refractivity contribution in [2.45, 2.75) is 30.8 Å². The van der Waals surface area contributed by atoms with E-state index in [1.807, 2.05) is 0 Å². The van der Waals surface area contributed by atoms with E-state index in [1.165, 1.54) is 0 Å². The first-order chi connectivity index (χ1) is 5.16. The van der Waals surface area contributed by atoms with Gasteiger partial charge in [0, 0.05) is 6.42 Å². The molecule has 3 heteroatoms. The summed E-state index contributed by atoms with van der Waals surface area (Å²) in [6.07, 6.45) is 0.868. The summed E-state index contributed by atoms with van der Waals surface area (Å²) in [5.74, 6) is 5.56. The van der Waals surface area contributed by atoms with E-state index in [0.29, 0.717) is 19.4 Å². The molecular weight excluding hydrogens is 160 g/mol. The maximum absolute atomic E-state index is 9.27. The monoisotopic (exact) mass is 172 g/mol. The Labute approximate surface area is 72.4 Å². The normalized spacial score (nSPS) is 37.5. The topological polar surface area (TPSA) is 29.5 Å². The maximum atomic E-state index is 9.27. The molecule has 0 aromatic heterocycles. The highest BCUT2D eigenvalue weighted by molar-refractivity contribution is 7.81. The minimum Gasteiger partial charge on any atom is -0.393 e. The lowest BCUT2D eigenvalue weighted by molar-refractivity contribution is -0.0337. The van der Waals surface area contributed by atoms with Crippen LogP contribution in [0.4, 0.5) is 0 Å². The molecule has 1 saturated heterocycles. The average molecular weight is 172 g/mol. The Morgan fingerprint density at radius 3 is 3.00 bits per heavy atom. The first kappa shape index (κ1) is 8.92. The van der Waals surface area contributed by atoms with Gasteiger partial charge >= 0.3 is 0 Å². The van der Waals surface area contributed by atoms with Gasteiger partial charge in [-0.3, -0.25) is 0 Å². The summed E-state index contributed by atoms with van der Waals surface area (Å²) >= 11 is 4.23. The van der Waals surface area contributed by atoms with Crippen LogP contribution in [0, 0.1) is 11.8 Å². The molecule has 1 heterocycles. The van der Waals surface area contributed by atoms with Gasteiger partial charge in [-0.25, -0.2) is 0 Å². The number of ether oxygens (including phenoxy) is 1. The number of hydrogen-bond donors (Lipinski definition) is 2. The Hall–Kier alpha value is -0.170. The van der Waals surface area contributed by atoms with Crippen molar-refractivity contribution < 1.29 is 9.84 Å². The third kappa shape index (κ3) is 2.41. The summed E-state index contributed by atoms with van der Waals surface area (Å²) in [5, 5.41) is 9.27. The van der Waals surface area contributed by atoms with Crippen LogP contribution in [0.2, 0.25) is 0 Å². The molecule has 0 amide bonds. The van der Waals surface area contributed by atoms with Crippen LogP contribution in [0.15, 0.2) is 0 Å². The highest BCUT2D eigenvalue weighted by Gasteiger charge is 2.31. The van der Waals surface area contributed by atoms with Crippen LogP contribution in [-0.4, -0.2) is 22.8 Å². The number of aliphatic hydroxyl groups is 1. The van der Waals surface area contributed by atoms with Gasteiger partial charge in [0.1, 0.15) is 0 Å². The van der Waals surface area contributed by atoms with Crippen molar-refractivity contribution in [3.63, 3.8) is 0 Å². The molecule has 0 spiro atoms. The molecular formula is C8H12O2S. The average Bonchev–Trinajstić information content (AvgIpc) is 1.86. The van der Waals surface area contributed by atoms with Gasteiger partial charge in [-0.1, -0.05) is 5.92 Å². The number of hydrogen-bond acceptors (Lipinski definition) is 3. The molecule has 0 aliphatic carbocycles. The van der Waals surface area contributed by atoms with Crippen molar-refractivity contribution in [3.8, 4) is 11.8 Å². The van der Waals surface area contributed by atoms with E-state index >= 15 is 0 Å². The fraction of sp³-hybridized carbons (Fsp3) is 0.750. The zero-order valence-corrected chi connectivity index (χ0v) is 7.40. The zero-order valence-electron chi connectivity index (χ0n) is 6.50. The van der Waals surface area contributed by atoms with Gasteiger partial charge < -0.3 is 9.84 Å². The third-order valence-corrected chi connectivity index (χ3v) is 2.05. The molecule has 1 fully saturated rings. The predicted octanol–water partition coefficient (Wildman–Crippen LogP) is 0.807. The fourth-order valence-corrected chi connectivity index (χ4v) is 1.54. The van der Waals surface area contributed by atoms with Crippen LogP contribution < -0.4 is 0 Å². The van der Waals surface area contributed by atoms with Crippen LogP contribution in [-0.2, 0) is 4.74 Å². The minimum atomic E-state index is -0.716. The van der Waals surface area contributed by atoms with Crippen LogP contribution in [0.3, 0.4) is 0 Å². The molecule has 1 rings (SSSR count). The van der Waals surface area contributed by atoms with Crippen molar-refractivity contribution in [2.75, 3.05) is 6.61 Å². The first-order valence-corrected chi connectivity index (χ1v) is 4.09. The molecule has 11 heavy (non-hydrogen) atoms. The molecule has 2 unspecified atom stereocenters. The highest BCUT2D eigenvalue weighted by atomic mass is 32.1. The molecule has 2 atom stereocenters. The van der Waals surface area contributed by atoms with Crippen molar-refractivity contribution >= 4 is 12.6 Å². The predicted molar refractivity (Wildman–Crippen MR) is 46.4 cm³/mol. The van der Waals surface area contributed by atoms with E-state index in [-0.39, 0.29) is 6.10 Å². The maximum Gasteiger partial charge on any atom is 0.174 e. The molecule has 2 nitrogen and oxygen atoms in total. The Morgan fingerprint density at radius 1 is 1.73 bits per heavy atom. The Bertz CT molecular complexity index is 194. The number of rotatable bonds is 0. The summed E-state index contributed by atoms with van der Waals surface area (Å²) in [5.41, 5.74) is 0. The second kappa shape index (κ2) is 3.48. The summed E-state index contributed by atoms with van der Waals surface area (Å²) in [6, 6.07) is 0. The summed E-state index contributed by atoms with van der Waals surface area (Å²) in [7, 11) is 0. The molecule has 0 aromatic rings. The lowest BCUT2D eigenvalue weighted by Crippen LogP contribution is -2.36. The quantitative estimate of drug-likeness (QED) is 0.418. The molecule has 0 aromatic carbocycles. The third-order valence-electron chi connectivity index (χ3n) is 1.62. The van der Waals surface area contributed by atoms with Crippen molar-refractivity contribution in [2.24, 2.45) is 0 Å². The Kier molecular flexibility index (Phi) is 2.83. The van der Waals surface area contributed by atoms with E-state index < -0.39 is 4.93 Å². The molecule has 0 saturated carbocycles. The molecule has 1 aliphatic heterocycles. The molecule has 0 radical (unpaired) electrons. The Balaban J connectivity index is 2.60. The lowest BCUT2D eigenvalue weighted by Gasteiger charge is -2.30. The van der Waals surface area contributed by atoms with Crippen LogP contribution in [0.1, 0.15) is 19.8 Å². The SMILES string of the molecule is CC#CC1(S)CC(O)CCO1. The van der Waals surface area contributed by atoms with Gasteiger partial charge in [-0.05, 0) is 13.3 Å². The van der Waals surface area contributed by atoms with E-state index in [1.54, 1.807) is 6.92 Å². The van der Waals surface area contributed by atoms with Gasteiger partial charge in [0.05, 0.1) is 12.7 Å². The largest absolute Gasteiger partial charge is 0.393 e. The second-order valence-corrected chi connectivity index (χ2v) is 3.38. The summed E-state index contributed by atoms with van der Waals surface area (Å²) in [6.45, 7) is 2.28. The smallest absolute Gasteiger partial charge is 0.174 e. The first-order valence-electron chi connectivity index (χ1n) is 3.64. The molecule has 1 aliphatic rings. The van der Waals surface area contributed by atoms with Crippen molar-refractivity contribution in [1.82, 2.24) is 0 Å². The zero-order chi connectivity index (χ0) is 8.32. The standard InChI is InChI=1S/C8H12O2S/c1-2-4-8(11)6-7(9)3-5-10-8/h7,9,11H,3,5-6H2,1H3. The van der Waals surface area contributed by atoms with Crippen LogP contribution in [0.25, 0.3) is 0 Å². The Morgan fingerprint density at radius 2 is 2.45 bits per heavy atom. The van der Waals surface area contributed by atoms with Gasteiger partial charge in [0.2, 0.25) is 0 Å². The number of aliphatic hydroxyl groups excluding tert-OH is 1. The highest BCUT2D eigenvalue weighted by Crippen LogP contribution is 2.27. The minimum absolute atomic E-state index is 0.318. The van der Waals surface area contributed by atoms with Crippen LogP contribution >= 0.6 is 12.6 Å². The lowest BCUT2D eigenvalue weighted by atomic mass is 10.1.